The lowest BCUT2D eigenvalue weighted by Gasteiger charge is -2.19. The van der Waals surface area contributed by atoms with E-state index < -0.39 is 0 Å². The molecule has 2 heterocycles. The molecule has 1 aliphatic heterocycles. The Labute approximate surface area is 176 Å². The maximum Gasteiger partial charge on any atom is 0.251 e. The number of carbonyl (C=O) groups is 1. The van der Waals surface area contributed by atoms with E-state index in [9.17, 15) is 4.79 Å². The number of carbonyl (C=O) groups excluding carboxylic acids is 1. The quantitative estimate of drug-likeness (QED) is 0.672. The van der Waals surface area contributed by atoms with Gasteiger partial charge in [-0.15, -0.1) is 0 Å². The highest BCUT2D eigenvalue weighted by Crippen LogP contribution is 2.30. The maximum absolute atomic E-state index is 13.0. The molecular weight excluding hydrogens is 380 g/mol. The first-order valence-electron chi connectivity index (χ1n) is 10.1. The molecule has 30 heavy (non-hydrogen) atoms. The first-order chi connectivity index (χ1) is 14.6. The normalized spacial score (nSPS) is 14.6. The van der Waals surface area contributed by atoms with Crippen molar-refractivity contribution in [3.05, 3.63) is 53.9 Å². The summed E-state index contributed by atoms with van der Waals surface area (Å²) in [5.74, 6) is 2.05. The van der Waals surface area contributed by atoms with Gasteiger partial charge in [0.25, 0.3) is 5.91 Å². The van der Waals surface area contributed by atoms with Crippen molar-refractivity contribution in [1.29, 1.82) is 0 Å². The van der Waals surface area contributed by atoms with Gasteiger partial charge in [-0.3, -0.25) is 4.79 Å². The van der Waals surface area contributed by atoms with Crippen molar-refractivity contribution in [3.63, 3.8) is 0 Å². The zero-order valence-corrected chi connectivity index (χ0v) is 17.5. The van der Waals surface area contributed by atoms with Crippen LogP contribution in [0.2, 0.25) is 0 Å². The van der Waals surface area contributed by atoms with Crippen molar-refractivity contribution in [2.45, 2.75) is 25.8 Å². The van der Waals surface area contributed by atoms with E-state index in [1.54, 1.807) is 26.6 Å². The second-order valence-corrected chi connectivity index (χ2v) is 7.43. The van der Waals surface area contributed by atoms with Crippen molar-refractivity contribution >= 4 is 22.6 Å². The predicted molar refractivity (Wildman–Crippen MR) is 116 cm³/mol. The molecule has 7 nitrogen and oxygen atoms in total. The SMILES string of the molecule is COc1ccc(C(C)NC(=O)c2ccc3ncnc(N4CCCC4)c3c2)cc1OC. The summed E-state index contributed by atoms with van der Waals surface area (Å²) in [5, 5.41) is 3.97. The van der Waals surface area contributed by atoms with Gasteiger partial charge in [0.15, 0.2) is 11.5 Å². The summed E-state index contributed by atoms with van der Waals surface area (Å²) < 4.78 is 10.7. The zero-order chi connectivity index (χ0) is 21.1. The number of benzene rings is 2. The lowest BCUT2D eigenvalue weighted by molar-refractivity contribution is 0.0940. The molecule has 0 aliphatic carbocycles. The van der Waals surface area contributed by atoms with Gasteiger partial charge < -0.3 is 19.7 Å². The monoisotopic (exact) mass is 406 g/mol. The summed E-state index contributed by atoms with van der Waals surface area (Å²) in [6.45, 7) is 3.91. The van der Waals surface area contributed by atoms with Gasteiger partial charge in [0.05, 0.1) is 25.8 Å². The number of amides is 1. The second kappa shape index (κ2) is 8.57. The summed E-state index contributed by atoms with van der Waals surface area (Å²) in [5.41, 5.74) is 2.37. The van der Waals surface area contributed by atoms with Gasteiger partial charge in [0, 0.05) is 24.0 Å². The average molecular weight is 406 g/mol. The number of methoxy groups -OCH3 is 2. The van der Waals surface area contributed by atoms with Crippen LogP contribution in [0.3, 0.4) is 0 Å². The second-order valence-electron chi connectivity index (χ2n) is 7.43. The molecule has 1 aromatic heterocycles. The number of ether oxygens (including phenoxy) is 2. The Morgan fingerprint density at radius 2 is 1.80 bits per heavy atom. The van der Waals surface area contributed by atoms with Gasteiger partial charge in [-0.2, -0.15) is 0 Å². The van der Waals surface area contributed by atoms with Crippen LogP contribution in [0, 0.1) is 0 Å². The van der Waals surface area contributed by atoms with Gasteiger partial charge in [-0.1, -0.05) is 6.07 Å². The molecule has 0 saturated carbocycles. The molecule has 3 aromatic rings. The fraction of sp³-hybridized carbons (Fsp3) is 0.348. The van der Waals surface area contributed by atoms with E-state index in [1.807, 2.05) is 37.3 Å². The first-order valence-corrected chi connectivity index (χ1v) is 10.1. The Kier molecular flexibility index (Phi) is 5.70. The number of anilines is 1. The van der Waals surface area contributed by atoms with Crippen LogP contribution < -0.4 is 19.7 Å². The van der Waals surface area contributed by atoms with Crippen LogP contribution in [-0.4, -0.2) is 43.2 Å². The molecule has 0 radical (unpaired) electrons. The van der Waals surface area contributed by atoms with Crippen LogP contribution in [0.25, 0.3) is 10.9 Å². The van der Waals surface area contributed by atoms with Crippen molar-refractivity contribution in [2.24, 2.45) is 0 Å². The van der Waals surface area contributed by atoms with E-state index in [2.05, 4.69) is 20.2 Å². The zero-order valence-electron chi connectivity index (χ0n) is 17.5. The maximum atomic E-state index is 13.0. The molecule has 7 heteroatoms. The molecule has 2 aromatic carbocycles. The molecule has 1 fully saturated rings. The number of nitrogens with one attached hydrogen (secondary N) is 1. The molecule has 1 amide bonds. The third-order valence-corrected chi connectivity index (χ3v) is 5.54. The number of hydrogen-bond acceptors (Lipinski definition) is 6. The van der Waals surface area contributed by atoms with Crippen LogP contribution in [0.15, 0.2) is 42.7 Å². The molecule has 156 valence electrons. The fourth-order valence-corrected chi connectivity index (χ4v) is 3.85. The molecule has 1 unspecified atom stereocenters. The Balaban J connectivity index is 1.58. The highest BCUT2D eigenvalue weighted by molar-refractivity contribution is 6.00. The molecule has 1 N–H and O–H groups in total. The molecule has 1 saturated heterocycles. The van der Waals surface area contributed by atoms with Gasteiger partial charge in [-0.25, -0.2) is 9.97 Å². The largest absolute Gasteiger partial charge is 0.493 e. The summed E-state index contributed by atoms with van der Waals surface area (Å²) in [6.07, 6.45) is 3.91. The number of nitrogens with zero attached hydrogens (tertiary/aromatic N) is 3. The van der Waals surface area contributed by atoms with Gasteiger partial charge >= 0.3 is 0 Å². The van der Waals surface area contributed by atoms with E-state index in [0.29, 0.717) is 17.1 Å². The van der Waals surface area contributed by atoms with Crippen molar-refractivity contribution in [2.75, 3.05) is 32.2 Å². The smallest absolute Gasteiger partial charge is 0.251 e. The van der Waals surface area contributed by atoms with E-state index >= 15 is 0 Å². The summed E-state index contributed by atoms with van der Waals surface area (Å²) >= 11 is 0. The summed E-state index contributed by atoms with van der Waals surface area (Å²) in [4.78, 5) is 24.1. The van der Waals surface area contributed by atoms with Crippen molar-refractivity contribution in [3.8, 4) is 11.5 Å². The number of fused-ring (bicyclic) bond motifs is 1. The third kappa shape index (κ3) is 3.87. The van der Waals surface area contributed by atoms with Gasteiger partial charge in [0.2, 0.25) is 0 Å². The summed E-state index contributed by atoms with van der Waals surface area (Å²) in [6, 6.07) is 11.0. The minimum Gasteiger partial charge on any atom is -0.493 e. The van der Waals surface area contributed by atoms with Crippen LogP contribution in [0.4, 0.5) is 5.82 Å². The van der Waals surface area contributed by atoms with Gasteiger partial charge in [-0.05, 0) is 55.7 Å². The molecule has 4 rings (SSSR count). The van der Waals surface area contributed by atoms with E-state index in [0.717, 1.165) is 48.2 Å². The number of aromatic nitrogens is 2. The van der Waals surface area contributed by atoms with Crippen LogP contribution in [-0.2, 0) is 0 Å². The minimum absolute atomic E-state index is 0.143. The predicted octanol–water partition coefficient (Wildman–Crippen LogP) is 3.74. The highest BCUT2D eigenvalue weighted by atomic mass is 16.5. The van der Waals surface area contributed by atoms with E-state index in [4.69, 9.17) is 9.47 Å². The molecule has 1 atom stereocenters. The summed E-state index contributed by atoms with van der Waals surface area (Å²) in [7, 11) is 3.20. The first kappa shape index (κ1) is 19.9. The Bertz CT molecular complexity index is 1060. The topological polar surface area (TPSA) is 76.6 Å². The molecule has 1 aliphatic rings. The number of hydrogen-bond donors (Lipinski definition) is 1. The highest BCUT2D eigenvalue weighted by Gasteiger charge is 2.19. The Morgan fingerprint density at radius 1 is 1.03 bits per heavy atom. The Hall–Kier alpha value is -3.35. The molecule has 0 bridgehead atoms. The fourth-order valence-electron chi connectivity index (χ4n) is 3.85. The Morgan fingerprint density at radius 3 is 2.53 bits per heavy atom. The third-order valence-electron chi connectivity index (χ3n) is 5.54. The van der Waals surface area contributed by atoms with Crippen LogP contribution in [0.1, 0.15) is 41.7 Å². The minimum atomic E-state index is -0.196. The van der Waals surface area contributed by atoms with Crippen molar-refractivity contribution in [1.82, 2.24) is 15.3 Å². The molecule has 0 spiro atoms. The van der Waals surface area contributed by atoms with E-state index in [-0.39, 0.29) is 11.9 Å². The van der Waals surface area contributed by atoms with Crippen LogP contribution in [0.5, 0.6) is 11.5 Å². The standard InChI is InChI=1S/C23H26N4O3/c1-15(16-7-9-20(29-2)21(13-16)30-3)26-23(28)17-6-8-19-18(12-17)22(25-14-24-19)27-10-4-5-11-27/h6-9,12-15H,4-5,10-11H2,1-3H3,(H,26,28). The average Bonchev–Trinajstić information content (AvgIpc) is 3.32. The van der Waals surface area contributed by atoms with Crippen molar-refractivity contribution < 1.29 is 14.3 Å². The van der Waals surface area contributed by atoms with Crippen LogP contribution >= 0.6 is 0 Å². The van der Waals surface area contributed by atoms with Gasteiger partial charge in [0.1, 0.15) is 12.1 Å². The van der Waals surface area contributed by atoms with E-state index in [1.165, 1.54) is 0 Å². The molecular formula is C23H26N4O3. The number of rotatable bonds is 6. The lowest BCUT2D eigenvalue weighted by atomic mass is 10.1. The lowest BCUT2D eigenvalue weighted by Crippen LogP contribution is -2.26.